The summed E-state index contributed by atoms with van der Waals surface area (Å²) in [5.74, 6) is 0.904. The van der Waals surface area contributed by atoms with Crippen LogP contribution < -0.4 is 0 Å². The summed E-state index contributed by atoms with van der Waals surface area (Å²) in [4.78, 5) is 17.5. The summed E-state index contributed by atoms with van der Waals surface area (Å²) in [5, 5.41) is 0. The lowest BCUT2D eigenvalue weighted by atomic mass is 10.0. The number of ether oxygens (including phenoxy) is 2. The summed E-state index contributed by atoms with van der Waals surface area (Å²) in [6, 6.07) is 10.1. The van der Waals surface area contributed by atoms with Crippen LogP contribution in [0, 0.1) is 5.92 Å². The molecule has 3 heterocycles. The highest BCUT2D eigenvalue weighted by Crippen LogP contribution is 2.27. The first-order valence-electron chi connectivity index (χ1n) is 9.72. The number of carbonyl (C=O) groups is 1. The number of aromatic nitrogens is 2. The molecule has 1 fully saturated rings. The molecule has 138 valence electrons. The Morgan fingerprint density at radius 2 is 2.08 bits per heavy atom. The van der Waals surface area contributed by atoms with Crippen molar-refractivity contribution in [1.82, 2.24) is 9.55 Å². The Kier molecular flexibility index (Phi) is 5.34. The molecule has 4 rings (SSSR count). The fourth-order valence-corrected chi connectivity index (χ4v) is 3.89. The van der Waals surface area contributed by atoms with Gasteiger partial charge in [-0.25, -0.2) is 9.78 Å². The van der Waals surface area contributed by atoms with Crippen molar-refractivity contribution in [2.75, 3.05) is 19.8 Å². The predicted molar refractivity (Wildman–Crippen MR) is 99.0 cm³/mol. The van der Waals surface area contributed by atoms with Crippen molar-refractivity contribution in [3.63, 3.8) is 0 Å². The summed E-state index contributed by atoms with van der Waals surface area (Å²) in [5.41, 5.74) is 2.59. The molecule has 0 saturated carbocycles. The van der Waals surface area contributed by atoms with Crippen molar-refractivity contribution in [3.05, 3.63) is 41.7 Å². The van der Waals surface area contributed by atoms with Gasteiger partial charge < -0.3 is 14.0 Å². The minimum Gasteiger partial charge on any atom is -0.461 e. The highest BCUT2D eigenvalue weighted by Gasteiger charge is 2.26. The number of carbonyl (C=O) groups excluding carboxylic acids is 1. The molecule has 0 N–H and O–H groups in total. The van der Waals surface area contributed by atoms with Crippen LogP contribution in [0.5, 0.6) is 0 Å². The molecule has 1 aromatic carbocycles. The first kappa shape index (κ1) is 17.3. The fourth-order valence-electron chi connectivity index (χ4n) is 3.89. The largest absolute Gasteiger partial charge is 0.461 e. The normalized spacial score (nSPS) is 20.2. The third kappa shape index (κ3) is 3.68. The smallest absolute Gasteiger partial charge is 0.358 e. The zero-order chi connectivity index (χ0) is 17.8. The maximum absolute atomic E-state index is 12.8. The number of nitrogens with zero attached hydrogens (tertiary/aromatic N) is 2. The molecule has 5 nitrogen and oxygen atoms in total. The van der Waals surface area contributed by atoms with Gasteiger partial charge in [-0.3, -0.25) is 0 Å². The lowest BCUT2D eigenvalue weighted by Crippen LogP contribution is -2.24. The minimum absolute atomic E-state index is 0.289. The van der Waals surface area contributed by atoms with E-state index in [0.717, 1.165) is 62.3 Å². The number of rotatable bonds is 4. The Morgan fingerprint density at radius 1 is 1.19 bits per heavy atom. The molecule has 26 heavy (non-hydrogen) atoms. The SMILES string of the molecule is O=C(OCC1CCCOC1)c1nc(-c2ccccc2)n2c1CCCCC2. The maximum atomic E-state index is 12.8. The summed E-state index contributed by atoms with van der Waals surface area (Å²) >= 11 is 0. The Morgan fingerprint density at radius 3 is 2.88 bits per heavy atom. The molecule has 0 aliphatic carbocycles. The van der Waals surface area contributed by atoms with Crippen LogP contribution in [0.25, 0.3) is 11.4 Å². The van der Waals surface area contributed by atoms with E-state index in [1.165, 1.54) is 6.42 Å². The van der Waals surface area contributed by atoms with Crippen LogP contribution >= 0.6 is 0 Å². The molecule has 0 radical (unpaired) electrons. The van der Waals surface area contributed by atoms with Gasteiger partial charge in [0.1, 0.15) is 5.82 Å². The third-order valence-electron chi connectivity index (χ3n) is 5.30. The molecule has 5 heteroatoms. The molecule has 1 aromatic heterocycles. The van der Waals surface area contributed by atoms with Crippen LogP contribution in [0.15, 0.2) is 30.3 Å². The van der Waals surface area contributed by atoms with E-state index in [9.17, 15) is 4.79 Å². The maximum Gasteiger partial charge on any atom is 0.358 e. The Labute approximate surface area is 154 Å². The Hall–Kier alpha value is -2.14. The monoisotopic (exact) mass is 354 g/mol. The summed E-state index contributed by atoms with van der Waals surface area (Å²) in [7, 11) is 0. The van der Waals surface area contributed by atoms with E-state index in [2.05, 4.69) is 16.7 Å². The third-order valence-corrected chi connectivity index (χ3v) is 5.30. The molecule has 1 unspecified atom stereocenters. The molecule has 2 aliphatic heterocycles. The Balaban J connectivity index is 1.58. The second-order valence-corrected chi connectivity index (χ2v) is 7.24. The topological polar surface area (TPSA) is 53.4 Å². The number of esters is 1. The predicted octanol–water partition coefficient (Wildman–Crippen LogP) is 3.86. The average molecular weight is 354 g/mol. The summed E-state index contributed by atoms with van der Waals surface area (Å²) < 4.78 is 13.3. The van der Waals surface area contributed by atoms with Crippen LogP contribution in [0.1, 0.15) is 48.3 Å². The van der Waals surface area contributed by atoms with Crippen molar-refractivity contribution in [2.45, 2.75) is 45.1 Å². The molecule has 2 aromatic rings. The second kappa shape index (κ2) is 8.04. The van der Waals surface area contributed by atoms with Crippen molar-refractivity contribution in [1.29, 1.82) is 0 Å². The number of hydrogen-bond donors (Lipinski definition) is 0. The average Bonchev–Trinajstić information content (AvgIpc) is 2.89. The minimum atomic E-state index is -0.289. The van der Waals surface area contributed by atoms with E-state index in [1.54, 1.807) is 0 Å². The molecule has 1 atom stereocenters. The standard InChI is InChI=1S/C21H26N2O3/c24-21(26-15-16-8-7-13-25-14-16)19-18-11-5-2-6-12-23(18)20(22-19)17-9-3-1-4-10-17/h1,3-4,9-10,16H,2,5-8,11-15H2. The molecule has 2 aliphatic rings. The van der Waals surface area contributed by atoms with E-state index in [0.29, 0.717) is 24.8 Å². The van der Waals surface area contributed by atoms with E-state index in [1.807, 2.05) is 18.2 Å². The van der Waals surface area contributed by atoms with Crippen LogP contribution in [-0.2, 0) is 22.4 Å². The fraction of sp³-hybridized carbons (Fsp3) is 0.524. The van der Waals surface area contributed by atoms with E-state index < -0.39 is 0 Å². The molecule has 0 spiro atoms. The number of hydrogen-bond acceptors (Lipinski definition) is 4. The number of imidazole rings is 1. The molecular weight excluding hydrogens is 328 g/mol. The van der Waals surface area contributed by atoms with Crippen molar-refractivity contribution in [2.24, 2.45) is 5.92 Å². The molecule has 0 bridgehead atoms. The Bertz CT molecular complexity index is 748. The quantitative estimate of drug-likeness (QED) is 0.783. The van der Waals surface area contributed by atoms with Gasteiger partial charge in [0.15, 0.2) is 5.69 Å². The van der Waals surface area contributed by atoms with Gasteiger partial charge >= 0.3 is 5.97 Å². The van der Waals surface area contributed by atoms with Gasteiger partial charge in [0.25, 0.3) is 0 Å². The van der Waals surface area contributed by atoms with Crippen LogP contribution in [0.2, 0.25) is 0 Å². The summed E-state index contributed by atoms with van der Waals surface area (Å²) in [6.07, 6.45) is 6.39. The number of benzene rings is 1. The highest BCUT2D eigenvalue weighted by molar-refractivity contribution is 5.89. The summed E-state index contributed by atoms with van der Waals surface area (Å²) in [6.45, 7) is 2.84. The lowest BCUT2D eigenvalue weighted by molar-refractivity contribution is 0.00820. The first-order valence-corrected chi connectivity index (χ1v) is 9.72. The van der Waals surface area contributed by atoms with Gasteiger partial charge in [-0.1, -0.05) is 36.8 Å². The van der Waals surface area contributed by atoms with Crippen LogP contribution in [-0.4, -0.2) is 35.3 Å². The second-order valence-electron chi connectivity index (χ2n) is 7.24. The first-order chi connectivity index (χ1) is 12.8. The van der Waals surface area contributed by atoms with Crippen molar-refractivity contribution in [3.8, 4) is 11.4 Å². The van der Waals surface area contributed by atoms with Crippen molar-refractivity contribution >= 4 is 5.97 Å². The van der Waals surface area contributed by atoms with Gasteiger partial charge in [-0.15, -0.1) is 0 Å². The molecular formula is C21H26N2O3. The van der Waals surface area contributed by atoms with Gasteiger partial charge in [0, 0.05) is 24.6 Å². The zero-order valence-electron chi connectivity index (χ0n) is 15.2. The van der Waals surface area contributed by atoms with Crippen LogP contribution in [0.3, 0.4) is 0 Å². The zero-order valence-corrected chi connectivity index (χ0v) is 15.2. The van der Waals surface area contributed by atoms with E-state index >= 15 is 0 Å². The lowest BCUT2D eigenvalue weighted by Gasteiger charge is -2.21. The van der Waals surface area contributed by atoms with Gasteiger partial charge in [0.2, 0.25) is 0 Å². The van der Waals surface area contributed by atoms with E-state index in [-0.39, 0.29) is 5.97 Å². The van der Waals surface area contributed by atoms with Crippen molar-refractivity contribution < 1.29 is 14.3 Å². The van der Waals surface area contributed by atoms with Gasteiger partial charge in [-0.2, -0.15) is 0 Å². The van der Waals surface area contributed by atoms with E-state index in [4.69, 9.17) is 14.5 Å². The highest BCUT2D eigenvalue weighted by atomic mass is 16.5. The molecule has 1 saturated heterocycles. The van der Waals surface area contributed by atoms with Gasteiger partial charge in [-0.05, 0) is 32.1 Å². The van der Waals surface area contributed by atoms with Crippen LogP contribution in [0.4, 0.5) is 0 Å². The number of fused-ring (bicyclic) bond motifs is 1. The van der Waals surface area contributed by atoms with Gasteiger partial charge in [0.05, 0.1) is 18.9 Å². The molecule has 0 amide bonds.